The van der Waals surface area contributed by atoms with E-state index >= 15 is 0 Å². The Labute approximate surface area is 130 Å². The van der Waals surface area contributed by atoms with Gasteiger partial charge in [0.2, 0.25) is 0 Å². The Balaban J connectivity index is 2.15. The summed E-state index contributed by atoms with van der Waals surface area (Å²) in [5, 5.41) is 1.36. The molecule has 110 valence electrons. The number of pyridine rings is 1. The van der Waals surface area contributed by atoms with Crippen molar-refractivity contribution in [1.82, 2.24) is 4.98 Å². The monoisotopic (exact) mass is 296 g/mol. The van der Waals surface area contributed by atoms with E-state index < -0.39 is 14.0 Å². The van der Waals surface area contributed by atoms with E-state index in [1.807, 2.05) is 6.07 Å². The molecule has 0 N–H and O–H groups in total. The van der Waals surface area contributed by atoms with Crippen molar-refractivity contribution in [2.24, 2.45) is 0 Å². The molecule has 3 rings (SSSR count). The van der Waals surface area contributed by atoms with Crippen LogP contribution in [0.15, 0.2) is 42.6 Å². The first-order valence-corrected chi connectivity index (χ1v) is 11.5. The van der Waals surface area contributed by atoms with Gasteiger partial charge in [-0.15, -0.1) is 0 Å². The van der Waals surface area contributed by atoms with Crippen LogP contribution in [0.3, 0.4) is 0 Å². The van der Waals surface area contributed by atoms with Crippen LogP contribution in [-0.2, 0) is 0 Å². The standard InChI is InChI=1S/C19H25NSi/c1-21(2,3)19-14-20-18(16-11-5-4-6-12-16)13-17(19)15-9-7-8-10-15/h4-6,11-15H,7-10H2,1-3H3/i15D. The van der Waals surface area contributed by atoms with E-state index in [-0.39, 0.29) is 0 Å². The van der Waals surface area contributed by atoms with Crippen molar-refractivity contribution in [2.45, 2.75) is 51.2 Å². The maximum Gasteiger partial charge on any atom is 0.0799 e. The minimum Gasteiger partial charge on any atom is -0.256 e. The molecule has 0 unspecified atom stereocenters. The van der Waals surface area contributed by atoms with Gasteiger partial charge in [-0.25, -0.2) is 0 Å². The summed E-state index contributed by atoms with van der Waals surface area (Å²) < 4.78 is 9.00. The van der Waals surface area contributed by atoms with E-state index in [9.17, 15) is 0 Å². The number of nitrogens with zero attached hydrogens (tertiary/aromatic N) is 1. The molecule has 1 aliphatic rings. The molecule has 0 aliphatic heterocycles. The van der Waals surface area contributed by atoms with Crippen LogP contribution < -0.4 is 5.19 Å². The Hall–Kier alpha value is -1.41. The van der Waals surface area contributed by atoms with Crippen molar-refractivity contribution in [3.05, 3.63) is 48.2 Å². The fraction of sp³-hybridized carbons (Fsp3) is 0.421. The third-order valence-electron chi connectivity index (χ3n) is 4.37. The lowest BCUT2D eigenvalue weighted by molar-refractivity contribution is 0.726. The summed E-state index contributed by atoms with van der Waals surface area (Å²) >= 11 is 0. The lowest BCUT2D eigenvalue weighted by Gasteiger charge is -2.24. The van der Waals surface area contributed by atoms with Gasteiger partial charge in [-0.2, -0.15) is 0 Å². The Morgan fingerprint density at radius 3 is 2.38 bits per heavy atom. The third kappa shape index (κ3) is 3.10. The SMILES string of the molecule is [2H]C1(c2cc(-c3ccccc3)ncc2[Si](C)(C)C)CCCC1. The third-order valence-corrected chi connectivity index (χ3v) is 6.38. The summed E-state index contributed by atoms with van der Waals surface area (Å²) in [6, 6.07) is 12.5. The van der Waals surface area contributed by atoms with Gasteiger partial charge in [0.15, 0.2) is 0 Å². The normalized spacial score (nSPS) is 18.5. The second-order valence-corrected chi connectivity index (χ2v) is 12.1. The molecule has 1 nitrogen and oxygen atoms in total. The average molecular weight is 297 g/mol. The van der Waals surface area contributed by atoms with Crippen LogP contribution in [0.2, 0.25) is 19.6 Å². The van der Waals surface area contributed by atoms with Gasteiger partial charge in [-0.1, -0.05) is 62.8 Å². The second-order valence-electron chi connectivity index (χ2n) is 7.04. The summed E-state index contributed by atoms with van der Waals surface area (Å²) in [6.07, 6.45) is 6.40. The molecule has 1 aliphatic carbocycles. The van der Waals surface area contributed by atoms with Crippen LogP contribution >= 0.6 is 0 Å². The predicted octanol–water partition coefficient (Wildman–Crippen LogP) is 4.95. The van der Waals surface area contributed by atoms with Gasteiger partial charge >= 0.3 is 0 Å². The molecule has 21 heavy (non-hydrogen) atoms. The van der Waals surface area contributed by atoms with E-state index in [2.05, 4.69) is 56.2 Å². The second kappa shape index (κ2) is 5.76. The maximum atomic E-state index is 9.00. The lowest BCUT2D eigenvalue weighted by Crippen LogP contribution is -2.41. The number of hydrogen-bond donors (Lipinski definition) is 0. The molecule has 1 aromatic carbocycles. The number of benzene rings is 1. The van der Waals surface area contributed by atoms with E-state index in [1.165, 1.54) is 23.6 Å². The van der Waals surface area contributed by atoms with Crippen molar-refractivity contribution in [1.29, 1.82) is 0 Å². The van der Waals surface area contributed by atoms with Crippen molar-refractivity contribution in [2.75, 3.05) is 0 Å². The predicted molar refractivity (Wildman–Crippen MR) is 93.9 cm³/mol. The first-order chi connectivity index (χ1) is 10.4. The minimum atomic E-state index is -1.50. The highest BCUT2D eigenvalue weighted by Crippen LogP contribution is 2.35. The summed E-state index contributed by atoms with van der Waals surface area (Å²) in [7, 11) is -1.50. The van der Waals surface area contributed by atoms with E-state index in [1.54, 1.807) is 0 Å². The highest BCUT2D eigenvalue weighted by molar-refractivity contribution is 6.89. The fourth-order valence-corrected chi connectivity index (χ4v) is 4.69. The topological polar surface area (TPSA) is 12.9 Å². The summed E-state index contributed by atoms with van der Waals surface area (Å²) in [5.41, 5.74) is 3.40. The Bertz CT molecular complexity index is 655. The Morgan fingerprint density at radius 2 is 1.76 bits per heavy atom. The molecule has 1 aromatic heterocycles. The van der Waals surface area contributed by atoms with Crippen LogP contribution in [-0.4, -0.2) is 13.1 Å². The summed E-state index contributed by atoms with van der Waals surface area (Å²) in [4.78, 5) is 4.73. The molecule has 0 radical (unpaired) electrons. The summed E-state index contributed by atoms with van der Waals surface area (Å²) in [5.74, 6) is -0.401. The summed E-state index contributed by atoms with van der Waals surface area (Å²) in [6.45, 7) is 7.07. The van der Waals surface area contributed by atoms with E-state index in [0.29, 0.717) is 0 Å². The van der Waals surface area contributed by atoms with Gasteiger partial charge in [0.25, 0.3) is 0 Å². The zero-order chi connectivity index (χ0) is 15.8. The molecule has 0 bridgehead atoms. The molecule has 0 amide bonds. The molecule has 0 saturated heterocycles. The zero-order valence-electron chi connectivity index (χ0n) is 14.3. The highest BCUT2D eigenvalue weighted by Gasteiger charge is 2.27. The molecule has 1 saturated carbocycles. The van der Waals surface area contributed by atoms with Crippen LogP contribution in [0, 0.1) is 0 Å². The molecule has 1 heterocycles. The van der Waals surface area contributed by atoms with Crippen LogP contribution in [0.5, 0.6) is 0 Å². The number of rotatable bonds is 3. The van der Waals surface area contributed by atoms with Gasteiger partial charge in [0.05, 0.1) is 13.8 Å². The largest absolute Gasteiger partial charge is 0.256 e. The number of hydrogen-bond acceptors (Lipinski definition) is 1. The lowest BCUT2D eigenvalue weighted by atomic mass is 9.96. The van der Waals surface area contributed by atoms with E-state index in [4.69, 9.17) is 6.35 Å². The maximum absolute atomic E-state index is 9.00. The molecule has 2 heteroatoms. The average Bonchev–Trinajstić information content (AvgIpc) is 2.95. The fourth-order valence-electron chi connectivity index (χ4n) is 3.18. The first-order valence-electron chi connectivity index (χ1n) is 8.47. The highest BCUT2D eigenvalue weighted by atomic mass is 28.3. The van der Waals surface area contributed by atoms with Crippen LogP contribution in [0.1, 0.15) is 38.5 Å². The quantitative estimate of drug-likeness (QED) is 0.730. The first kappa shape index (κ1) is 13.3. The molecular weight excluding hydrogens is 270 g/mol. The van der Waals surface area contributed by atoms with Gasteiger partial charge < -0.3 is 0 Å². The van der Waals surface area contributed by atoms with Gasteiger partial charge in [0.1, 0.15) is 0 Å². The molecular formula is C19H25NSi. The van der Waals surface area contributed by atoms with Crippen molar-refractivity contribution >= 4 is 13.3 Å². The van der Waals surface area contributed by atoms with Crippen LogP contribution in [0.4, 0.5) is 0 Å². The zero-order valence-corrected chi connectivity index (χ0v) is 14.3. The van der Waals surface area contributed by atoms with Crippen molar-refractivity contribution in [3.63, 3.8) is 0 Å². The molecule has 0 spiro atoms. The molecule has 0 atom stereocenters. The van der Waals surface area contributed by atoms with Crippen LogP contribution in [0.25, 0.3) is 11.3 Å². The smallest absolute Gasteiger partial charge is 0.0799 e. The van der Waals surface area contributed by atoms with Gasteiger partial charge in [-0.3, -0.25) is 4.98 Å². The van der Waals surface area contributed by atoms with Gasteiger partial charge in [-0.05, 0) is 35.6 Å². The number of aromatic nitrogens is 1. The Kier molecular flexibility index (Phi) is 3.64. The van der Waals surface area contributed by atoms with Gasteiger partial charge in [0, 0.05) is 13.1 Å². The molecule has 2 aromatic rings. The van der Waals surface area contributed by atoms with E-state index in [0.717, 1.165) is 24.1 Å². The van der Waals surface area contributed by atoms with Crippen molar-refractivity contribution < 1.29 is 1.37 Å². The minimum absolute atomic E-state index is 0.401. The molecule has 1 fully saturated rings. The van der Waals surface area contributed by atoms with Crippen molar-refractivity contribution in [3.8, 4) is 11.3 Å². The Morgan fingerprint density at radius 1 is 1.10 bits per heavy atom.